The van der Waals surface area contributed by atoms with Gasteiger partial charge in [0.05, 0.1) is 5.56 Å². The molecule has 0 bridgehead atoms. The van der Waals surface area contributed by atoms with Gasteiger partial charge in [-0.05, 0) is 6.92 Å². The van der Waals surface area contributed by atoms with Gasteiger partial charge >= 0.3 is 17.6 Å². The number of ether oxygens (including phenoxy) is 3. The third-order valence-corrected chi connectivity index (χ3v) is 5.35. The largest absolute Gasteiger partial charge is 0.463 e. The first-order valence-electron chi connectivity index (χ1n) is 10.6. The second-order valence-electron chi connectivity index (χ2n) is 7.97. The second kappa shape index (κ2) is 9.48. The standard InChI is InChI=1S/C23H23N3O8/c1-12-4-6-15(7-5-12)18-8-17(25-34-18)16-10-26(23(30)24-22(16)29)21-9-19(32-14(3)28)20(33-21)11-31-13(2)27/h4-8,10,19-21H,9,11H2,1-3H3,(H,24,29,30)/t19-,20+,21+/m0/s1. The molecular weight excluding hydrogens is 446 g/mol. The van der Waals surface area contributed by atoms with Crippen LogP contribution in [0.3, 0.4) is 0 Å². The minimum absolute atomic E-state index is 0.0952. The summed E-state index contributed by atoms with van der Waals surface area (Å²) >= 11 is 0. The Labute approximate surface area is 193 Å². The van der Waals surface area contributed by atoms with Crippen molar-refractivity contribution in [3.8, 4) is 22.6 Å². The quantitative estimate of drug-likeness (QED) is 0.536. The van der Waals surface area contributed by atoms with Crippen LogP contribution in [0.5, 0.6) is 0 Å². The SMILES string of the molecule is CC(=O)OC[C@H]1O[C@@H](n2cc(-c3cc(-c4ccc(C)cc4)on3)c(=O)[nH]c2=O)C[C@@H]1OC(C)=O. The minimum atomic E-state index is -0.878. The summed E-state index contributed by atoms with van der Waals surface area (Å²) in [4.78, 5) is 50.0. The number of benzene rings is 1. The molecule has 0 radical (unpaired) electrons. The maximum atomic E-state index is 12.6. The molecule has 0 aliphatic carbocycles. The number of aromatic nitrogens is 3. The van der Waals surface area contributed by atoms with Crippen LogP contribution < -0.4 is 11.2 Å². The molecule has 0 amide bonds. The lowest BCUT2D eigenvalue weighted by Gasteiger charge is -2.17. The normalized spacial score (nSPS) is 19.7. The van der Waals surface area contributed by atoms with Crippen molar-refractivity contribution >= 4 is 11.9 Å². The predicted octanol–water partition coefficient (Wildman–Crippen LogP) is 1.95. The molecule has 178 valence electrons. The smallest absolute Gasteiger partial charge is 0.330 e. The zero-order valence-corrected chi connectivity index (χ0v) is 18.8. The van der Waals surface area contributed by atoms with E-state index in [-0.39, 0.29) is 24.3 Å². The Hall–Kier alpha value is -3.99. The van der Waals surface area contributed by atoms with E-state index < -0.39 is 41.6 Å². The fraction of sp³-hybridized carbons (Fsp3) is 0.348. The van der Waals surface area contributed by atoms with Crippen LogP contribution in [-0.2, 0) is 23.8 Å². The van der Waals surface area contributed by atoms with Crippen molar-refractivity contribution in [2.24, 2.45) is 0 Å². The van der Waals surface area contributed by atoms with Gasteiger partial charge < -0.3 is 18.7 Å². The maximum absolute atomic E-state index is 12.6. The second-order valence-corrected chi connectivity index (χ2v) is 7.97. The molecule has 3 atom stereocenters. The van der Waals surface area contributed by atoms with Crippen molar-refractivity contribution in [2.45, 2.75) is 45.6 Å². The number of nitrogens with one attached hydrogen (secondary N) is 1. The van der Waals surface area contributed by atoms with Gasteiger partial charge in [0.2, 0.25) is 0 Å². The molecule has 3 aromatic rings. The number of hydrogen-bond donors (Lipinski definition) is 1. The summed E-state index contributed by atoms with van der Waals surface area (Å²) in [5, 5.41) is 3.98. The van der Waals surface area contributed by atoms with Crippen molar-refractivity contribution in [1.29, 1.82) is 0 Å². The number of esters is 2. The summed E-state index contributed by atoms with van der Waals surface area (Å²) in [6.45, 7) is 4.30. The zero-order chi connectivity index (χ0) is 24.4. The molecule has 1 fully saturated rings. The van der Waals surface area contributed by atoms with Gasteiger partial charge in [-0.25, -0.2) is 4.79 Å². The van der Waals surface area contributed by atoms with Crippen molar-refractivity contribution in [3.63, 3.8) is 0 Å². The third-order valence-electron chi connectivity index (χ3n) is 5.35. The first-order valence-corrected chi connectivity index (χ1v) is 10.6. The molecule has 0 spiro atoms. The maximum Gasteiger partial charge on any atom is 0.330 e. The van der Waals surface area contributed by atoms with Gasteiger partial charge in [-0.15, -0.1) is 0 Å². The lowest BCUT2D eigenvalue weighted by molar-refractivity contribution is -0.155. The molecule has 2 aromatic heterocycles. The highest BCUT2D eigenvalue weighted by Crippen LogP contribution is 2.31. The lowest BCUT2D eigenvalue weighted by atomic mass is 10.1. The van der Waals surface area contributed by atoms with Gasteiger partial charge in [0.25, 0.3) is 5.56 Å². The molecule has 1 saturated heterocycles. The molecule has 3 heterocycles. The molecule has 1 aliphatic heterocycles. The van der Waals surface area contributed by atoms with E-state index in [1.54, 1.807) is 6.07 Å². The topological polar surface area (TPSA) is 143 Å². The van der Waals surface area contributed by atoms with Crippen LogP contribution in [0.1, 0.15) is 32.1 Å². The summed E-state index contributed by atoms with van der Waals surface area (Å²) < 4.78 is 22.7. The molecule has 1 aromatic carbocycles. The van der Waals surface area contributed by atoms with Crippen LogP contribution in [0.15, 0.2) is 50.6 Å². The molecule has 1 aliphatic rings. The minimum Gasteiger partial charge on any atom is -0.463 e. The lowest BCUT2D eigenvalue weighted by Crippen LogP contribution is -2.33. The van der Waals surface area contributed by atoms with E-state index in [0.29, 0.717) is 5.76 Å². The van der Waals surface area contributed by atoms with Crippen LogP contribution in [0.25, 0.3) is 22.6 Å². The number of hydrogen-bond acceptors (Lipinski definition) is 9. The molecule has 4 rings (SSSR count). The predicted molar refractivity (Wildman–Crippen MR) is 118 cm³/mol. The Morgan fingerprint density at radius 1 is 1.18 bits per heavy atom. The summed E-state index contributed by atoms with van der Waals surface area (Å²) in [7, 11) is 0. The average Bonchev–Trinajstić information content (AvgIpc) is 3.40. The number of rotatable bonds is 6. The molecule has 34 heavy (non-hydrogen) atoms. The molecule has 1 N–H and O–H groups in total. The van der Waals surface area contributed by atoms with Gasteiger partial charge in [0, 0.05) is 38.1 Å². The highest BCUT2D eigenvalue weighted by atomic mass is 16.6. The van der Waals surface area contributed by atoms with Gasteiger partial charge in [-0.1, -0.05) is 35.0 Å². The first kappa shape index (κ1) is 23.2. The molecule has 11 nitrogen and oxygen atoms in total. The van der Waals surface area contributed by atoms with E-state index in [0.717, 1.165) is 11.1 Å². The van der Waals surface area contributed by atoms with Crippen LogP contribution in [0, 0.1) is 6.92 Å². The number of nitrogens with zero attached hydrogens (tertiary/aromatic N) is 2. The van der Waals surface area contributed by atoms with Crippen molar-refractivity contribution in [1.82, 2.24) is 14.7 Å². The van der Waals surface area contributed by atoms with Gasteiger partial charge in [0.1, 0.15) is 30.7 Å². The molecule has 0 unspecified atom stereocenters. The van der Waals surface area contributed by atoms with Gasteiger partial charge in [-0.2, -0.15) is 0 Å². The molecule has 0 saturated carbocycles. The summed E-state index contributed by atoms with van der Waals surface area (Å²) in [5.41, 5.74) is 0.842. The average molecular weight is 469 g/mol. The number of aryl methyl sites for hydroxylation is 1. The van der Waals surface area contributed by atoms with E-state index in [1.807, 2.05) is 31.2 Å². The van der Waals surface area contributed by atoms with Crippen LogP contribution in [0.4, 0.5) is 0 Å². The van der Waals surface area contributed by atoms with E-state index in [2.05, 4.69) is 10.1 Å². The third kappa shape index (κ3) is 4.99. The fourth-order valence-corrected chi connectivity index (χ4v) is 3.70. The fourth-order valence-electron chi connectivity index (χ4n) is 3.70. The van der Waals surface area contributed by atoms with Crippen molar-refractivity contribution < 1.29 is 28.3 Å². The van der Waals surface area contributed by atoms with Crippen LogP contribution in [0.2, 0.25) is 0 Å². The Balaban J connectivity index is 1.64. The Morgan fingerprint density at radius 3 is 2.59 bits per heavy atom. The molecular formula is C23H23N3O8. The van der Waals surface area contributed by atoms with Gasteiger partial charge in [0.15, 0.2) is 5.76 Å². The Bertz CT molecular complexity index is 1320. The van der Waals surface area contributed by atoms with Crippen LogP contribution >= 0.6 is 0 Å². The highest BCUT2D eigenvalue weighted by molar-refractivity contribution is 5.67. The van der Waals surface area contributed by atoms with Gasteiger partial charge in [-0.3, -0.25) is 23.9 Å². The monoisotopic (exact) mass is 469 g/mol. The molecule has 11 heteroatoms. The zero-order valence-electron chi connectivity index (χ0n) is 18.8. The Morgan fingerprint density at radius 2 is 1.91 bits per heavy atom. The van der Waals surface area contributed by atoms with Crippen molar-refractivity contribution in [3.05, 3.63) is 62.9 Å². The van der Waals surface area contributed by atoms with Crippen molar-refractivity contribution in [2.75, 3.05) is 6.61 Å². The highest BCUT2D eigenvalue weighted by Gasteiger charge is 2.40. The van der Waals surface area contributed by atoms with E-state index in [9.17, 15) is 19.2 Å². The Kier molecular flexibility index (Phi) is 6.46. The number of aromatic amines is 1. The van der Waals surface area contributed by atoms with Crippen LogP contribution in [-0.4, -0.2) is 45.5 Å². The van der Waals surface area contributed by atoms with E-state index in [1.165, 1.54) is 24.6 Å². The summed E-state index contributed by atoms with van der Waals surface area (Å²) in [6.07, 6.45) is -0.965. The number of carbonyl (C=O) groups is 2. The summed E-state index contributed by atoms with van der Waals surface area (Å²) in [5.74, 6) is -0.601. The number of carbonyl (C=O) groups excluding carboxylic acids is 2. The number of H-pyrrole nitrogens is 1. The first-order chi connectivity index (χ1) is 16.2. The van der Waals surface area contributed by atoms with E-state index >= 15 is 0 Å². The van der Waals surface area contributed by atoms with E-state index in [4.69, 9.17) is 18.7 Å². The summed E-state index contributed by atoms with van der Waals surface area (Å²) in [6, 6.07) is 9.19.